The van der Waals surface area contributed by atoms with E-state index in [1.165, 1.54) is 0 Å². The molecule has 0 bridgehead atoms. The number of rotatable bonds is 8. The Morgan fingerprint density at radius 1 is 1.27 bits per heavy atom. The zero-order valence-electron chi connectivity index (χ0n) is 14.2. The van der Waals surface area contributed by atoms with Crippen LogP contribution in [0.5, 0.6) is 5.75 Å². The Kier molecular flexibility index (Phi) is 12.0. The van der Waals surface area contributed by atoms with Gasteiger partial charge >= 0.3 is 0 Å². The summed E-state index contributed by atoms with van der Waals surface area (Å²) < 4.78 is 5.65. The lowest BCUT2D eigenvalue weighted by Gasteiger charge is -2.16. The van der Waals surface area contributed by atoms with Gasteiger partial charge < -0.3 is 15.4 Å². The van der Waals surface area contributed by atoms with Gasteiger partial charge in [0.25, 0.3) is 0 Å². The number of halogens is 1. The molecule has 1 unspecified atom stereocenters. The minimum absolute atomic E-state index is 0. The second-order valence-corrected chi connectivity index (χ2v) is 5.14. The number of ether oxygens (including phenoxy) is 1. The molecule has 0 aliphatic rings. The molecular weight excluding hydrogens is 389 g/mol. The Bertz CT molecular complexity index is 438. The van der Waals surface area contributed by atoms with E-state index in [2.05, 4.69) is 55.5 Å². The molecule has 5 heteroatoms. The first-order chi connectivity index (χ1) is 10.2. The highest BCUT2D eigenvalue weighted by Crippen LogP contribution is 2.14. The Morgan fingerprint density at radius 3 is 2.68 bits per heavy atom. The zero-order chi connectivity index (χ0) is 15.5. The summed E-state index contributed by atoms with van der Waals surface area (Å²) >= 11 is 0. The smallest absolute Gasteiger partial charge is 0.191 e. The largest absolute Gasteiger partial charge is 0.494 e. The summed E-state index contributed by atoms with van der Waals surface area (Å²) in [6.45, 7) is 10.8. The normalized spacial score (nSPS) is 12.3. The molecule has 0 heterocycles. The van der Waals surface area contributed by atoms with Crippen molar-refractivity contribution in [1.82, 2.24) is 10.6 Å². The van der Waals surface area contributed by atoms with Crippen LogP contribution in [0.3, 0.4) is 0 Å². The minimum atomic E-state index is 0. The molecule has 4 nitrogen and oxygen atoms in total. The van der Waals surface area contributed by atoms with Gasteiger partial charge in [-0.1, -0.05) is 26.0 Å². The van der Waals surface area contributed by atoms with E-state index in [0.717, 1.165) is 43.3 Å². The van der Waals surface area contributed by atoms with Gasteiger partial charge in [-0.15, -0.1) is 24.0 Å². The average molecular weight is 419 g/mol. The summed E-state index contributed by atoms with van der Waals surface area (Å²) in [4.78, 5) is 4.63. The molecule has 1 atom stereocenters. The van der Waals surface area contributed by atoms with Crippen LogP contribution in [0, 0.1) is 0 Å². The Balaban J connectivity index is 0.00000441. The number of guanidine groups is 1. The van der Waals surface area contributed by atoms with Crippen LogP contribution in [0.2, 0.25) is 0 Å². The summed E-state index contributed by atoms with van der Waals surface area (Å²) in [6.07, 6.45) is 2.09. The second kappa shape index (κ2) is 12.6. The van der Waals surface area contributed by atoms with Crippen LogP contribution in [0.4, 0.5) is 0 Å². The molecule has 0 fully saturated rings. The van der Waals surface area contributed by atoms with E-state index in [0.29, 0.717) is 12.6 Å². The predicted molar refractivity (Wildman–Crippen MR) is 105 cm³/mol. The standard InChI is InChI=1S/C17H29N3O.HI/c1-5-11-21-16-10-8-9-15(12-16)13-19-17(18-7-3)20-14(4)6-2;/h8-10,12,14H,5-7,11,13H2,1-4H3,(H2,18,19,20);1H. The number of benzene rings is 1. The lowest BCUT2D eigenvalue weighted by Crippen LogP contribution is -2.41. The molecule has 0 saturated carbocycles. The van der Waals surface area contributed by atoms with E-state index in [1.54, 1.807) is 0 Å². The molecule has 0 aromatic heterocycles. The zero-order valence-corrected chi connectivity index (χ0v) is 16.5. The lowest BCUT2D eigenvalue weighted by molar-refractivity contribution is 0.317. The van der Waals surface area contributed by atoms with Gasteiger partial charge in [-0.05, 0) is 44.4 Å². The first kappa shape index (κ1) is 21.0. The summed E-state index contributed by atoms with van der Waals surface area (Å²) in [7, 11) is 0. The predicted octanol–water partition coefficient (Wildman–Crippen LogP) is 3.95. The van der Waals surface area contributed by atoms with Gasteiger partial charge in [0.1, 0.15) is 5.75 Å². The molecule has 0 aliphatic heterocycles. The first-order valence-electron chi connectivity index (χ1n) is 7.96. The van der Waals surface area contributed by atoms with Crippen molar-refractivity contribution in [2.75, 3.05) is 13.2 Å². The summed E-state index contributed by atoms with van der Waals surface area (Å²) in [5, 5.41) is 6.67. The Labute approximate surface area is 152 Å². The van der Waals surface area contributed by atoms with Crippen LogP contribution < -0.4 is 15.4 Å². The quantitative estimate of drug-likeness (QED) is 0.381. The molecule has 2 N–H and O–H groups in total. The average Bonchev–Trinajstić information content (AvgIpc) is 2.51. The molecule has 1 aromatic rings. The topological polar surface area (TPSA) is 45.6 Å². The van der Waals surface area contributed by atoms with Gasteiger partial charge in [-0.2, -0.15) is 0 Å². The summed E-state index contributed by atoms with van der Waals surface area (Å²) in [5.74, 6) is 1.79. The fourth-order valence-corrected chi connectivity index (χ4v) is 1.78. The Morgan fingerprint density at radius 2 is 2.05 bits per heavy atom. The van der Waals surface area contributed by atoms with Crippen LogP contribution in [0.1, 0.15) is 46.1 Å². The van der Waals surface area contributed by atoms with Crippen molar-refractivity contribution in [1.29, 1.82) is 0 Å². The highest BCUT2D eigenvalue weighted by Gasteiger charge is 2.02. The molecule has 0 aliphatic carbocycles. The van der Waals surface area contributed by atoms with Crippen LogP contribution in [0.25, 0.3) is 0 Å². The Hall–Kier alpha value is -0.980. The van der Waals surface area contributed by atoms with Crippen LogP contribution in [0.15, 0.2) is 29.3 Å². The van der Waals surface area contributed by atoms with Crippen molar-refractivity contribution in [3.8, 4) is 5.75 Å². The van der Waals surface area contributed by atoms with E-state index in [-0.39, 0.29) is 24.0 Å². The van der Waals surface area contributed by atoms with E-state index in [9.17, 15) is 0 Å². The maximum Gasteiger partial charge on any atom is 0.191 e. The maximum atomic E-state index is 5.65. The molecule has 0 spiro atoms. The number of aliphatic imine (C=N–C) groups is 1. The molecular formula is C17H30IN3O. The molecule has 22 heavy (non-hydrogen) atoms. The second-order valence-electron chi connectivity index (χ2n) is 5.14. The van der Waals surface area contributed by atoms with Crippen molar-refractivity contribution in [2.24, 2.45) is 4.99 Å². The molecule has 0 saturated heterocycles. The summed E-state index contributed by atoms with van der Waals surface area (Å²) in [6, 6.07) is 8.57. The highest BCUT2D eigenvalue weighted by molar-refractivity contribution is 14.0. The fourth-order valence-electron chi connectivity index (χ4n) is 1.78. The first-order valence-corrected chi connectivity index (χ1v) is 7.96. The minimum Gasteiger partial charge on any atom is -0.494 e. The third-order valence-corrected chi connectivity index (χ3v) is 3.13. The molecule has 1 rings (SSSR count). The van der Waals surface area contributed by atoms with Gasteiger partial charge in [0.15, 0.2) is 5.96 Å². The van der Waals surface area contributed by atoms with Crippen LogP contribution in [-0.4, -0.2) is 25.2 Å². The van der Waals surface area contributed by atoms with Gasteiger partial charge in [-0.25, -0.2) is 4.99 Å². The highest BCUT2D eigenvalue weighted by atomic mass is 127. The van der Waals surface area contributed by atoms with E-state index >= 15 is 0 Å². The van der Waals surface area contributed by atoms with Gasteiger partial charge in [-0.3, -0.25) is 0 Å². The molecule has 0 amide bonds. The van der Waals surface area contributed by atoms with Crippen LogP contribution in [-0.2, 0) is 6.54 Å². The van der Waals surface area contributed by atoms with E-state index in [4.69, 9.17) is 4.74 Å². The third kappa shape index (κ3) is 8.46. The van der Waals surface area contributed by atoms with Crippen molar-refractivity contribution >= 4 is 29.9 Å². The SMILES string of the molecule is CCCOc1cccc(CN=C(NCC)NC(C)CC)c1.I. The van der Waals surface area contributed by atoms with E-state index < -0.39 is 0 Å². The molecule has 126 valence electrons. The summed E-state index contributed by atoms with van der Waals surface area (Å²) in [5.41, 5.74) is 1.16. The van der Waals surface area contributed by atoms with Gasteiger partial charge in [0, 0.05) is 12.6 Å². The molecule has 1 aromatic carbocycles. The van der Waals surface area contributed by atoms with E-state index in [1.807, 2.05) is 12.1 Å². The van der Waals surface area contributed by atoms with Crippen molar-refractivity contribution < 1.29 is 4.74 Å². The molecule has 0 radical (unpaired) electrons. The van der Waals surface area contributed by atoms with Crippen molar-refractivity contribution in [2.45, 2.75) is 53.1 Å². The lowest BCUT2D eigenvalue weighted by atomic mass is 10.2. The maximum absolute atomic E-state index is 5.65. The number of hydrogen-bond donors (Lipinski definition) is 2. The van der Waals surface area contributed by atoms with Gasteiger partial charge in [0.05, 0.1) is 13.2 Å². The number of hydrogen-bond acceptors (Lipinski definition) is 2. The van der Waals surface area contributed by atoms with Crippen molar-refractivity contribution in [3.63, 3.8) is 0 Å². The van der Waals surface area contributed by atoms with Crippen molar-refractivity contribution in [3.05, 3.63) is 29.8 Å². The number of nitrogens with one attached hydrogen (secondary N) is 2. The third-order valence-electron chi connectivity index (χ3n) is 3.13. The number of nitrogens with zero attached hydrogens (tertiary/aromatic N) is 1. The monoisotopic (exact) mass is 419 g/mol. The fraction of sp³-hybridized carbons (Fsp3) is 0.588. The van der Waals surface area contributed by atoms with Crippen LogP contribution >= 0.6 is 24.0 Å². The van der Waals surface area contributed by atoms with Gasteiger partial charge in [0.2, 0.25) is 0 Å².